The molecule has 0 atom stereocenters. The fourth-order valence-electron chi connectivity index (χ4n) is 3.19. The average molecular weight is 396 g/mol. The molecular weight excluding hydrogens is 376 g/mol. The van der Waals surface area contributed by atoms with E-state index in [1.54, 1.807) is 18.2 Å². The van der Waals surface area contributed by atoms with Gasteiger partial charge in [0.2, 0.25) is 0 Å². The molecule has 30 heavy (non-hydrogen) atoms. The van der Waals surface area contributed by atoms with Gasteiger partial charge in [-0.3, -0.25) is 4.79 Å². The van der Waals surface area contributed by atoms with E-state index in [0.29, 0.717) is 22.6 Å². The van der Waals surface area contributed by atoms with Gasteiger partial charge in [-0.15, -0.1) is 0 Å². The summed E-state index contributed by atoms with van der Waals surface area (Å²) in [6.07, 6.45) is 2.65. The van der Waals surface area contributed by atoms with Crippen molar-refractivity contribution in [2.75, 3.05) is 11.1 Å². The first-order valence-electron chi connectivity index (χ1n) is 9.39. The van der Waals surface area contributed by atoms with Crippen LogP contribution < -0.4 is 15.8 Å². The Kier molecular flexibility index (Phi) is 5.13. The number of carbonyl (C=O) groups excluding carboxylic acids is 1. The summed E-state index contributed by atoms with van der Waals surface area (Å²) in [6.45, 7) is 2.00. The van der Waals surface area contributed by atoms with Crippen LogP contribution in [0.2, 0.25) is 0 Å². The van der Waals surface area contributed by atoms with Crippen molar-refractivity contribution in [1.82, 2.24) is 4.98 Å². The molecule has 1 heterocycles. The number of nitrogens with zero attached hydrogens (tertiary/aromatic N) is 1. The van der Waals surface area contributed by atoms with Crippen molar-refractivity contribution in [3.63, 3.8) is 0 Å². The van der Waals surface area contributed by atoms with Crippen LogP contribution in [0, 0.1) is 12.3 Å². The average Bonchev–Trinajstić information content (AvgIpc) is 2.75. The van der Waals surface area contributed by atoms with Crippen molar-refractivity contribution in [2.45, 2.75) is 6.92 Å². The number of aryl methyl sites for hydroxylation is 1. The fourth-order valence-corrected chi connectivity index (χ4v) is 3.19. The summed E-state index contributed by atoms with van der Waals surface area (Å²) >= 11 is 0. The van der Waals surface area contributed by atoms with Crippen LogP contribution in [0.4, 0.5) is 11.5 Å². The molecular formula is C24H20N4O2. The summed E-state index contributed by atoms with van der Waals surface area (Å²) in [4.78, 5) is 16.8. The Morgan fingerprint density at radius 2 is 1.90 bits per heavy atom. The summed E-state index contributed by atoms with van der Waals surface area (Å²) < 4.78 is 5.92. The lowest BCUT2D eigenvalue weighted by molar-refractivity contribution is 0.102. The van der Waals surface area contributed by atoms with Crippen molar-refractivity contribution in [3.8, 4) is 11.5 Å². The Labute approximate surface area is 173 Å². The highest BCUT2D eigenvalue weighted by Crippen LogP contribution is 2.30. The molecule has 3 aromatic carbocycles. The molecule has 0 aliphatic rings. The molecule has 4 rings (SSSR count). The lowest BCUT2D eigenvalue weighted by Gasteiger charge is -2.12. The Morgan fingerprint density at radius 1 is 1.10 bits per heavy atom. The molecule has 148 valence electrons. The van der Waals surface area contributed by atoms with Gasteiger partial charge in [-0.05, 0) is 60.2 Å². The summed E-state index contributed by atoms with van der Waals surface area (Å²) in [5.74, 6) is 1.09. The Morgan fingerprint density at radius 3 is 2.67 bits per heavy atom. The third-order valence-corrected chi connectivity index (χ3v) is 4.76. The largest absolute Gasteiger partial charge is 0.456 e. The first-order valence-corrected chi connectivity index (χ1v) is 9.39. The van der Waals surface area contributed by atoms with Crippen LogP contribution in [0.1, 0.15) is 21.5 Å². The number of aromatic nitrogens is 1. The quantitative estimate of drug-likeness (QED) is 0.405. The second-order valence-corrected chi connectivity index (χ2v) is 6.86. The third-order valence-electron chi connectivity index (χ3n) is 4.76. The van der Waals surface area contributed by atoms with Gasteiger partial charge in [0.25, 0.3) is 5.91 Å². The second kappa shape index (κ2) is 8.05. The molecule has 1 aromatic heterocycles. The zero-order chi connectivity index (χ0) is 21.1. The monoisotopic (exact) mass is 396 g/mol. The number of nitrogens with two attached hydrogens (primary N) is 1. The lowest BCUT2D eigenvalue weighted by Crippen LogP contribution is -2.12. The molecule has 4 N–H and O–H groups in total. The van der Waals surface area contributed by atoms with Crippen LogP contribution in [0.5, 0.6) is 11.5 Å². The Hall–Kier alpha value is -4.19. The van der Waals surface area contributed by atoms with Gasteiger partial charge in [0.1, 0.15) is 17.3 Å². The maximum Gasteiger partial charge on any atom is 0.256 e. The summed E-state index contributed by atoms with van der Waals surface area (Å²) in [7, 11) is 0. The van der Waals surface area contributed by atoms with Gasteiger partial charge in [0.15, 0.2) is 0 Å². The van der Waals surface area contributed by atoms with Crippen LogP contribution in [0.3, 0.4) is 0 Å². The van der Waals surface area contributed by atoms with E-state index >= 15 is 0 Å². The number of rotatable bonds is 5. The minimum Gasteiger partial charge on any atom is -0.456 e. The molecule has 0 unspecified atom stereocenters. The summed E-state index contributed by atoms with van der Waals surface area (Å²) in [6, 6.07) is 20.4. The van der Waals surface area contributed by atoms with Gasteiger partial charge in [0, 0.05) is 23.7 Å². The number of benzene rings is 3. The van der Waals surface area contributed by atoms with Crippen molar-refractivity contribution in [2.24, 2.45) is 0 Å². The predicted octanol–water partition coefficient (Wildman–Crippen LogP) is 5.17. The van der Waals surface area contributed by atoms with Crippen molar-refractivity contribution < 1.29 is 9.53 Å². The normalized spacial score (nSPS) is 10.6. The number of nitrogens with one attached hydrogen (secondary N) is 2. The highest BCUT2D eigenvalue weighted by Gasteiger charge is 2.12. The topological polar surface area (TPSA) is 101 Å². The first-order chi connectivity index (χ1) is 14.5. The van der Waals surface area contributed by atoms with E-state index in [2.05, 4.69) is 10.3 Å². The van der Waals surface area contributed by atoms with Crippen molar-refractivity contribution >= 4 is 34.4 Å². The standard InChI is InChI=1S/C24H20N4O2/c1-15-5-7-17(8-6-15)28-24(29)20-4-2-3-16-13-18(9-10-19(16)20)30-22-11-12-27-23(26)21(22)14-25/h2-14,25H,1H3,(H2,26,27)(H,28,29). The molecule has 1 amide bonds. The second-order valence-electron chi connectivity index (χ2n) is 6.86. The third kappa shape index (κ3) is 3.84. The van der Waals surface area contributed by atoms with Crippen molar-refractivity contribution in [3.05, 3.63) is 89.6 Å². The summed E-state index contributed by atoms with van der Waals surface area (Å²) in [5.41, 5.74) is 8.69. The van der Waals surface area contributed by atoms with Gasteiger partial charge in [-0.1, -0.05) is 29.8 Å². The van der Waals surface area contributed by atoms with Crippen LogP contribution in [0.25, 0.3) is 10.8 Å². The smallest absolute Gasteiger partial charge is 0.256 e. The van der Waals surface area contributed by atoms with Crippen molar-refractivity contribution in [1.29, 1.82) is 5.41 Å². The minimum atomic E-state index is -0.175. The highest BCUT2D eigenvalue weighted by molar-refractivity contribution is 6.13. The SMILES string of the molecule is Cc1ccc(NC(=O)c2cccc3cc(Oc4ccnc(N)c4C=N)ccc23)cc1. The highest BCUT2D eigenvalue weighted by atomic mass is 16.5. The van der Waals surface area contributed by atoms with Gasteiger partial charge >= 0.3 is 0 Å². The molecule has 6 nitrogen and oxygen atoms in total. The molecule has 0 aliphatic carbocycles. The van der Waals surface area contributed by atoms with E-state index in [9.17, 15) is 4.79 Å². The van der Waals surface area contributed by atoms with Crippen LogP contribution in [-0.2, 0) is 0 Å². The fraction of sp³-hybridized carbons (Fsp3) is 0.0417. The molecule has 0 fully saturated rings. The number of hydrogen-bond donors (Lipinski definition) is 3. The Balaban J connectivity index is 1.64. The van der Waals surface area contributed by atoms with E-state index in [0.717, 1.165) is 28.2 Å². The molecule has 6 heteroatoms. The molecule has 4 aromatic rings. The molecule has 0 bridgehead atoms. The number of hydrogen-bond acceptors (Lipinski definition) is 5. The molecule has 0 aliphatic heterocycles. The maximum absolute atomic E-state index is 12.8. The van der Waals surface area contributed by atoms with Gasteiger partial charge < -0.3 is 21.2 Å². The molecule has 0 saturated carbocycles. The zero-order valence-corrected chi connectivity index (χ0v) is 16.3. The first kappa shape index (κ1) is 19.1. The van der Waals surface area contributed by atoms with Crippen LogP contribution in [-0.4, -0.2) is 17.1 Å². The number of pyridine rings is 1. The minimum absolute atomic E-state index is 0.175. The number of nitrogen functional groups attached to an aromatic ring is 1. The number of ether oxygens (including phenoxy) is 1. The molecule has 0 radical (unpaired) electrons. The van der Waals surface area contributed by atoms with Crippen LogP contribution >= 0.6 is 0 Å². The van der Waals surface area contributed by atoms with Gasteiger partial charge in [-0.25, -0.2) is 4.98 Å². The summed E-state index contributed by atoms with van der Waals surface area (Å²) in [5, 5.41) is 12.1. The van der Waals surface area contributed by atoms with Crippen LogP contribution in [0.15, 0.2) is 72.9 Å². The number of fused-ring (bicyclic) bond motifs is 1. The van der Waals surface area contributed by atoms with E-state index in [4.69, 9.17) is 15.9 Å². The number of amides is 1. The molecule has 0 spiro atoms. The predicted molar refractivity (Wildman–Crippen MR) is 120 cm³/mol. The maximum atomic E-state index is 12.8. The van der Waals surface area contributed by atoms with Gasteiger partial charge in [-0.2, -0.15) is 0 Å². The number of anilines is 2. The zero-order valence-electron chi connectivity index (χ0n) is 16.3. The van der Waals surface area contributed by atoms with E-state index in [1.165, 1.54) is 6.20 Å². The lowest BCUT2D eigenvalue weighted by atomic mass is 10.0. The van der Waals surface area contributed by atoms with E-state index in [1.807, 2.05) is 55.5 Å². The van der Waals surface area contributed by atoms with E-state index in [-0.39, 0.29) is 11.7 Å². The number of carbonyl (C=O) groups is 1. The Bertz CT molecular complexity index is 1250. The van der Waals surface area contributed by atoms with Gasteiger partial charge in [0.05, 0.1) is 5.56 Å². The van der Waals surface area contributed by atoms with E-state index < -0.39 is 0 Å². The molecule has 0 saturated heterocycles.